The Morgan fingerprint density at radius 1 is 1.61 bits per heavy atom. The van der Waals surface area contributed by atoms with Gasteiger partial charge in [-0.3, -0.25) is 10.1 Å². The number of nitrogens with zero attached hydrogens (tertiary/aromatic N) is 1. The molecule has 0 amide bonds. The smallest absolute Gasteiger partial charge is 0.304 e. The van der Waals surface area contributed by atoms with E-state index in [4.69, 9.17) is 10.5 Å². The molecule has 0 unspecified atom stereocenters. The second-order valence-electron chi connectivity index (χ2n) is 3.17. The van der Waals surface area contributed by atoms with E-state index < -0.39 is 20.6 Å². The van der Waals surface area contributed by atoms with Gasteiger partial charge in [-0.15, -0.1) is 0 Å². The predicted octanol–water partition coefficient (Wildman–Crippen LogP) is 0.553. The zero-order valence-electron chi connectivity index (χ0n) is 9.58. The van der Waals surface area contributed by atoms with Crippen molar-refractivity contribution in [1.82, 2.24) is 4.72 Å². The standard InChI is InChI=1S/C8H13N3O5S2/c1-2-16-4-3-10-18(14,15)7-5-6(11(12)13)8(9)17-7/h5,10H,2-4,9H2,1H3. The van der Waals surface area contributed by atoms with Crippen molar-refractivity contribution in [2.45, 2.75) is 11.1 Å². The highest BCUT2D eigenvalue weighted by molar-refractivity contribution is 7.91. The molecule has 3 N–H and O–H groups in total. The average Bonchev–Trinajstić information content (AvgIpc) is 2.68. The molecule has 1 heterocycles. The Bertz CT molecular complexity index is 525. The molecule has 102 valence electrons. The van der Waals surface area contributed by atoms with Crippen LogP contribution >= 0.6 is 11.3 Å². The van der Waals surface area contributed by atoms with Crippen LogP contribution in [0.5, 0.6) is 0 Å². The second kappa shape index (κ2) is 6.09. The summed E-state index contributed by atoms with van der Waals surface area (Å²) < 4.78 is 30.6. The summed E-state index contributed by atoms with van der Waals surface area (Å²) in [4.78, 5) is 9.84. The number of anilines is 1. The molecule has 0 aliphatic carbocycles. The van der Waals surface area contributed by atoms with E-state index in [1.807, 2.05) is 0 Å². The Hall–Kier alpha value is -1.23. The Balaban J connectivity index is 2.79. The quantitative estimate of drug-likeness (QED) is 0.430. The van der Waals surface area contributed by atoms with E-state index in [9.17, 15) is 18.5 Å². The number of nitro groups is 1. The van der Waals surface area contributed by atoms with Gasteiger partial charge < -0.3 is 10.5 Å². The maximum atomic E-state index is 11.7. The van der Waals surface area contributed by atoms with Gasteiger partial charge in [0.05, 0.1) is 11.5 Å². The molecule has 0 aliphatic heterocycles. The number of nitrogen functional groups attached to an aromatic ring is 1. The van der Waals surface area contributed by atoms with E-state index in [0.29, 0.717) is 17.9 Å². The predicted molar refractivity (Wildman–Crippen MR) is 67.1 cm³/mol. The molecule has 1 aromatic heterocycles. The minimum atomic E-state index is -3.77. The molecule has 0 aliphatic rings. The van der Waals surface area contributed by atoms with Gasteiger partial charge in [0.2, 0.25) is 10.0 Å². The molecule has 0 bridgehead atoms. The number of nitrogens with two attached hydrogens (primary N) is 1. The fourth-order valence-corrected chi connectivity index (χ4v) is 3.38. The molecule has 0 radical (unpaired) electrons. The molecule has 0 fully saturated rings. The van der Waals surface area contributed by atoms with Crippen LogP contribution in [0.25, 0.3) is 0 Å². The fraction of sp³-hybridized carbons (Fsp3) is 0.500. The number of thiophene rings is 1. The maximum absolute atomic E-state index is 11.7. The molecular formula is C8H13N3O5S2. The van der Waals surface area contributed by atoms with Gasteiger partial charge in [-0.1, -0.05) is 11.3 Å². The summed E-state index contributed by atoms with van der Waals surface area (Å²) in [6.45, 7) is 2.61. The van der Waals surface area contributed by atoms with E-state index in [2.05, 4.69) is 4.72 Å². The lowest BCUT2D eigenvalue weighted by atomic mass is 10.5. The summed E-state index contributed by atoms with van der Waals surface area (Å²) >= 11 is 0.658. The lowest BCUT2D eigenvalue weighted by Crippen LogP contribution is -2.26. The van der Waals surface area contributed by atoms with Gasteiger partial charge in [0.1, 0.15) is 4.21 Å². The first-order valence-electron chi connectivity index (χ1n) is 4.99. The molecule has 0 atom stereocenters. The van der Waals surface area contributed by atoms with Gasteiger partial charge in [0, 0.05) is 19.2 Å². The van der Waals surface area contributed by atoms with Crippen LogP contribution in [-0.4, -0.2) is 33.1 Å². The number of sulfonamides is 1. The van der Waals surface area contributed by atoms with Crippen LogP contribution < -0.4 is 10.5 Å². The normalized spacial score (nSPS) is 11.6. The molecule has 1 rings (SSSR count). The molecule has 10 heteroatoms. The number of hydrogen-bond donors (Lipinski definition) is 2. The number of ether oxygens (including phenoxy) is 1. The Morgan fingerprint density at radius 2 is 2.28 bits per heavy atom. The van der Waals surface area contributed by atoms with Crippen molar-refractivity contribution >= 4 is 32.0 Å². The highest BCUT2D eigenvalue weighted by atomic mass is 32.2. The van der Waals surface area contributed by atoms with Crippen LogP contribution in [-0.2, 0) is 14.8 Å². The van der Waals surface area contributed by atoms with Crippen LogP contribution in [0.3, 0.4) is 0 Å². The maximum Gasteiger partial charge on any atom is 0.304 e. The molecular weight excluding hydrogens is 282 g/mol. The zero-order chi connectivity index (χ0) is 13.8. The van der Waals surface area contributed by atoms with Crippen LogP contribution in [0.1, 0.15) is 6.92 Å². The van der Waals surface area contributed by atoms with Gasteiger partial charge in [-0.05, 0) is 6.92 Å². The largest absolute Gasteiger partial charge is 0.385 e. The first-order chi connectivity index (χ1) is 8.38. The van der Waals surface area contributed by atoms with E-state index in [1.165, 1.54) is 0 Å². The Labute approximate surface area is 108 Å². The molecule has 0 aromatic carbocycles. The fourth-order valence-electron chi connectivity index (χ4n) is 1.11. The minimum absolute atomic E-state index is 0.0990. The van der Waals surface area contributed by atoms with Crippen LogP contribution in [0, 0.1) is 10.1 Å². The first-order valence-corrected chi connectivity index (χ1v) is 7.29. The van der Waals surface area contributed by atoms with Gasteiger partial charge in [0.25, 0.3) is 0 Å². The van der Waals surface area contributed by atoms with E-state index in [1.54, 1.807) is 6.92 Å². The van der Waals surface area contributed by atoms with Crippen LogP contribution in [0.4, 0.5) is 10.7 Å². The van der Waals surface area contributed by atoms with Crippen molar-refractivity contribution in [2.75, 3.05) is 25.5 Å². The van der Waals surface area contributed by atoms with E-state index in [-0.39, 0.29) is 22.4 Å². The summed E-state index contributed by atoms with van der Waals surface area (Å²) in [6, 6.07) is 0.947. The number of rotatable bonds is 7. The van der Waals surface area contributed by atoms with Crippen molar-refractivity contribution in [3.05, 3.63) is 16.2 Å². The van der Waals surface area contributed by atoms with Crippen molar-refractivity contribution in [2.24, 2.45) is 0 Å². The van der Waals surface area contributed by atoms with Crippen LogP contribution in [0.2, 0.25) is 0 Å². The highest BCUT2D eigenvalue weighted by Crippen LogP contribution is 2.34. The summed E-state index contributed by atoms with van der Waals surface area (Å²) in [5.41, 5.74) is 4.98. The third kappa shape index (κ3) is 3.63. The van der Waals surface area contributed by atoms with Crippen LogP contribution in [0.15, 0.2) is 10.3 Å². The van der Waals surface area contributed by atoms with Gasteiger partial charge in [0.15, 0.2) is 5.00 Å². The monoisotopic (exact) mass is 295 g/mol. The van der Waals surface area contributed by atoms with Crippen molar-refractivity contribution < 1.29 is 18.1 Å². The minimum Gasteiger partial charge on any atom is -0.385 e. The summed E-state index contributed by atoms with van der Waals surface area (Å²) in [6.07, 6.45) is 0. The van der Waals surface area contributed by atoms with Gasteiger partial charge in [-0.2, -0.15) is 0 Å². The summed E-state index contributed by atoms with van der Waals surface area (Å²) in [7, 11) is -3.77. The molecule has 0 saturated carbocycles. The van der Waals surface area contributed by atoms with Crippen molar-refractivity contribution in [3.8, 4) is 0 Å². The summed E-state index contributed by atoms with van der Waals surface area (Å²) in [5.74, 6) is 0. The van der Waals surface area contributed by atoms with E-state index in [0.717, 1.165) is 6.07 Å². The molecule has 0 spiro atoms. The SMILES string of the molecule is CCOCCNS(=O)(=O)c1cc([N+](=O)[O-])c(N)s1. The van der Waals surface area contributed by atoms with Gasteiger partial charge in [-0.25, -0.2) is 13.1 Å². The van der Waals surface area contributed by atoms with Crippen molar-refractivity contribution in [3.63, 3.8) is 0 Å². The topological polar surface area (TPSA) is 125 Å². The van der Waals surface area contributed by atoms with Crippen molar-refractivity contribution in [1.29, 1.82) is 0 Å². The number of hydrogen-bond acceptors (Lipinski definition) is 7. The van der Waals surface area contributed by atoms with Gasteiger partial charge >= 0.3 is 5.69 Å². The molecule has 8 nitrogen and oxygen atoms in total. The Morgan fingerprint density at radius 3 is 2.78 bits per heavy atom. The third-order valence-corrected chi connectivity index (χ3v) is 4.81. The second-order valence-corrected chi connectivity index (χ2v) is 6.24. The average molecular weight is 295 g/mol. The molecule has 18 heavy (non-hydrogen) atoms. The Kier molecular flexibility index (Phi) is 5.02. The van der Waals surface area contributed by atoms with E-state index >= 15 is 0 Å². The summed E-state index contributed by atoms with van der Waals surface area (Å²) in [5, 5.41) is 10.4. The number of nitrogens with one attached hydrogen (secondary N) is 1. The third-order valence-electron chi connectivity index (χ3n) is 1.92. The zero-order valence-corrected chi connectivity index (χ0v) is 11.2. The first kappa shape index (κ1) is 14.8. The molecule has 1 aromatic rings. The lowest BCUT2D eigenvalue weighted by Gasteiger charge is -2.03. The lowest BCUT2D eigenvalue weighted by molar-refractivity contribution is -0.383. The molecule has 0 saturated heterocycles. The highest BCUT2D eigenvalue weighted by Gasteiger charge is 2.24.